The molecule has 1 aliphatic carbocycles. The van der Waals surface area contributed by atoms with Crippen LogP contribution in [0.5, 0.6) is 5.75 Å². The van der Waals surface area contributed by atoms with Gasteiger partial charge in [0.15, 0.2) is 5.11 Å². The summed E-state index contributed by atoms with van der Waals surface area (Å²) in [6.07, 6.45) is 4.95. The van der Waals surface area contributed by atoms with Crippen molar-refractivity contribution in [2.45, 2.75) is 44.8 Å². The molecule has 5 nitrogen and oxygen atoms in total. The highest BCUT2D eigenvalue weighted by Crippen LogP contribution is 2.31. The van der Waals surface area contributed by atoms with E-state index in [4.69, 9.17) is 21.7 Å². The zero-order valence-electron chi connectivity index (χ0n) is 13.9. The lowest BCUT2D eigenvalue weighted by atomic mass is 9.95. The van der Waals surface area contributed by atoms with Gasteiger partial charge in [0.05, 0.1) is 24.8 Å². The quantitative estimate of drug-likeness (QED) is 0.646. The Kier molecular flexibility index (Phi) is 5.04. The largest absolute Gasteiger partial charge is 0.490 e. The number of benzene rings is 1. The lowest BCUT2D eigenvalue weighted by molar-refractivity contribution is -0.136. The van der Waals surface area contributed by atoms with Crippen LogP contribution in [0.25, 0.3) is 0 Å². The van der Waals surface area contributed by atoms with Crippen LogP contribution < -0.4 is 15.4 Å². The van der Waals surface area contributed by atoms with E-state index in [1.54, 1.807) is 0 Å². The molecule has 1 aromatic carbocycles. The van der Waals surface area contributed by atoms with Crippen LogP contribution in [0.3, 0.4) is 0 Å². The van der Waals surface area contributed by atoms with Gasteiger partial charge >= 0.3 is 5.97 Å². The first-order chi connectivity index (χ1) is 11.6. The van der Waals surface area contributed by atoms with Crippen LogP contribution in [0.4, 0.5) is 0 Å². The summed E-state index contributed by atoms with van der Waals surface area (Å²) in [5.41, 5.74) is 2.16. The summed E-state index contributed by atoms with van der Waals surface area (Å²) in [4.78, 5) is 12.2. The number of hydrogen-bond donors (Lipinski definition) is 2. The second-order valence-electron chi connectivity index (χ2n) is 6.16. The van der Waals surface area contributed by atoms with E-state index in [1.807, 2.05) is 31.2 Å². The van der Waals surface area contributed by atoms with E-state index in [9.17, 15) is 4.79 Å². The number of hydrogen-bond acceptors (Lipinski definition) is 4. The molecule has 1 heterocycles. The Hall–Kier alpha value is -2.08. The van der Waals surface area contributed by atoms with Crippen LogP contribution in [-0.2, 0) is 9.53 Å². The number of rotatable bonds is 4. The van der Waals surface area contributed by atoms with Gasteiger partial charge in [-0.05, 0) is 62.5 Å². The Morgan fingerprint density at radius 1 is 1.29 bits per heavy atom. The Bertz CT molecular complexity index is 681. The second-order valence-corrected chi connectivity index (χ2v) is 6.57. The normalized spacial score (nSPS) is 21.2. The second kappa shape index (κ2) is 7.21. The minimum atomic E-state index is -0.373. The molecule has 1 aliphatic heterocycles. The molecule has 0 spiro atoms. The molecule has 1 fully saturated rings. The molecule has 0 amide bonds. The van der Waals surface area contributed by atoms with Gasteiger partial charge in [0.25, 0.3) is 0 Å². The molecule has 1 aromatic rings. The third kappa shape index (κ3) is 3.53. The minimum Gasteiger partial charge on any atom is -0.490 e. The lowest BCUT2D eigenvalue weighted by Gasteiger charge is -2.29. The number of methoxy groups -OCH3 is 1. The van der Waals surface area contributed by atoms with Crippen molar-refractivity contribution in [2.24, 2.45) is 0 Å². The van der Waals surface area contributed by atoms with Crippen LogP contribution in [-0.4, -0.2) is 24.3 Å². The fourth-order valence-electron chi connectivity index (χ4n) is 3.29. The summed E-state index contributed by atoms with van der Waals surface area (Å²) < 4.78 is 11.0. The third-order valence-corrected chi connectivity index (χ3v) is 4.69. The summed E-state index contributed by atoms with van der Waals surface area (Å²) in [7, 11) is 1.38. The van der Waals surface area contributed by atoms with Crippen LogP contribution >= 0.6 is 12.2 Å². The van der Waals surface area contributed by atoms with E-state index in [0.717, 1.165) is 24.2 Å². The fraction of sp³-hybridized carbons (Fsp3) is 0.444. The highest BCUT2D eigenvalue weighted by Gasteiger charge is 2.30. The molecule has 24 heavy (non-hydrogen) atoms. The average molecular weight is 346 g/mol. The van der Waals surface area contributed by atoms with Gasteiger partial charge in [-0.2, -0.15) is 0 Å². The maximum absolute atomic E-state index is 12.2. The van der Waals surface area contributed by atoms with Crippen molar-refractivity contribution >= 4 is 23.3 Å². The Balaban J connectivity index is 1.89. The van der Waals surface area contributed by atoms with Crippen LogP contribution in [0.15, 0.2) is 35.5 Å². The molecule has 0 aromatic heterocycles. The van der Waals surface area contributed by atoms with Crippen molar-refractivity contribution in [3.8, 4) is 5.75 Å². The smallest absolute Gasteiger partial charge is 0.337 e. The maximum Gasteiger partial charge on any atom is 0.337 e. The highest BCUT2D eigenvalue weighted by atomic mass is 32.1. The topological polar surface area (TPSA) is 59.6 Å². The van der Waals surface area contributed by atoms with Crippen molar-refractivity contribution in [1.29, 1.82) is 0 Å². The molecule has 2 aliphatic rings. The number of thiocarbonyl (C=S) groups is 1. The number of nitrogens with one attached hydrogen (secondary N) is 2. The summed E-state index contributed by atoms with van der Waals surface area (Å²) in [6, 6.07) is 7.48. The van der Waals surface area contributed by atoms with E-state index in [1.165, 1.54) is 20.0 Å². The van der Waals surface area contributed by atoms with E-state index in [-0.39, 0.29) is 12.0 Å². The molecule has 0 radical (unpaired) electrons. The van der Waals surface area contributed by atoms with Crippen molar-refractivity contribution in [2.75, 3.05) is 7.11 Å². The fourth-order valence-corrected chi connectivity index (χ4v) is 3.56. The summed E-state index contributed by atoms with van der Waals surface area (Å²) in [5.74, 6) is 0.453. The van der Waals surface area contributed by atoms with Gasteiger partial charge in [0, 0.05) is 5.70 Å². The summed E-state index contributed by atoms with van der Waals surface area (Å²) in [5, 5.41) is 6.63. The van der Waals surface area contributed by atoms with Gasteiger partial charge < -0.3 is 20.1 Å². The van der Waals surface area contributed by atoms with E-state index in [2.05, 4.69) is 10.6 Å². The summed E-state index contributed by atoms with van der Waals surface area (Å²) in [6.45, 7) is 1.82. The van der Waals surface area contributed by atoms with E-state index < -0.39 is 0 Å². The number of allylic oxidation sites excluding steroid dienone is 1. The number of esters is 1. The molecule has 3 rings (SSSR count). The van der Waals surface area contributed by atoms with Crippen LogP contribution in [0.2, 0.25) is 0 Å². The predicted molar refractivity (Wildman–Crippen MR) is 95.7 cm³/mol. The molecule has 6 heteroatoms. The van der Waals surface area contributed by atoms with Crippen molar-refractivity contribution in [3.05, 3.63) is 41.1 Å². The molecule has 2 N–H and O–H groups in total. The van der Waals surface area contributed by atoms with Gasteiger partial charge in [-0.3, -0.25) is 0 Å². The van der Waals surface area contributed by atoms with Gasteiger partial charge in [-0.25, -0.2) is 4.79 Å². The first kappa shape index (κ1) is 16.8. The third-order valence-electron chi connectivity index (χ3n) is 4.47. The molecular formula is C18H22N2O3S. The van der Waals surface area contributed by atoms with Crippen molar-refractivity contribution in [3.63, 3.8) is 0 Å². The molecule has 128 valence electrons. The molecular weight excluding hydrogens is 324 g/mol. The monoisotopic (exact) mass is 346 g/mol. The SMILES string of the molecule is COC(=O)C1=C(C)NC(=S)N[C@@H]1c1cccc(OC2CCCC2)c1. The first-order valence-electron chi connectivity index (χ1n) is 8.21. The Morgan fingerprint density at radius 2 is 2.04 bits per heavy atom. The van der Waals surface area contributed by atoms with Gasteiger partial charge in [0.1, 0.15) is 5.75 Å². The molecule has 0 unspecified atom stereocenters. The highest BCUT2D eigenvalue weighted by molar-refractivity contribution is 7.80. The standard InChI is InChI=1S/C18H22N2O3S/c1-11-15(17(21)22-2)16(20-18(24)19-11)12-6-5-9-14(10-12)23-13-7-3-4-8-13/h5-6,9-10,13,16H,3-4,7-8H2,1-2H3,(H2,19,20,24)/t16-/m1/s1. The molecule has 1 atom stereocenters. The lowest BCUT2D eigenvalue weighted by Crippen LogP contribution is -2.45. The number of carbonyl (C=O) groups is 1. The first-order valence-corrected chi connectivity index (χ1v) is 8.62. The molecule has 1 saturated carbocycles. The zero-order valence-corrected chi connectivity index (χ0v) is 14.7. The van der Waals surface area contributed by atoms with Crippen LogP contribution in [0, 0.1) is 0 Å². The van der Waals surface area contributed by atoms with Gasteiger partial charge in [0.2, 0.25) is 0 Å². The van der Waals surface area contributed by atoms with Crippen molar-refractivity contribution < 1.29 is 14.3 Å². The zero-order chi connectivity index (χ0) is 17.1. The Morgan fingerprint density at radius 3 is 2.75 bits per heavy atom. The number of ether oxygens (including phenoxy) is 2. The molecule has 0 bridgehead atoms. The van der Waals surface area contributed by atoms with Gasteiger partial charge in [-0.15, -0.1) is 0 Å². The molecule has 0 saturated heterocycles. The Labute approximate surface area is 147 Å². The van der Waals surface area contributed by atoms with E-state index in [0.29, 0.717) is 22.5 Å². The van der Waals surface area contributed by atoms with E-state index >= 15 is 0 Å². The van der Waals surface area contributed by atoms with Crippen LogP contribution in [0.1, 0.15) is 44.2 Å². The van der Waals surface area contributed by atoms with Gasteiger partial charge in [-0.1, -0.05) is 12.1 Å². The van der Waals surface area contributed by atoms with Crippen molar-refractivity contribution in [1.82, 2.24) is 10.6 Å². The predicted octanol–water partition coefficient (Wildman–Crippen LogP) is 2.97. The average Bonchev–Trinajstić information content (AvgIpc) is 3.06. The maximum atomic E-state index is 12.2. The number of carbonyl (C=O) groups excluding carboxylic acids is 1. The summed E-state index contributed by atoms with van der Waals surface area (Å²) >= 11 is 5.24. The minimum absolute atomic E-state index is 0.291.